The van der Waals surface area contributed by atoms with Gasteiger partial charge in [-0.25, -0.2) is 0 Å². The molecule has 0 fully saturated rings. The summed E-state index contributed by atoms with van der Waals surface area (Å²) in [6, 6.07) is 69.1. The third-order valence-corrected chi connectivity index (χ3v) is 39.3. The minimum absolute atomic E-state index is 1.32. The van der Waals surface area contributed by atoms with Crippen molar-refractivity contribution in [1.82, 2.24) is 0 Å². The molecule has 0 saturated heterocycles. The van der Waals surface area contributed by atoms with Gasteiger partial charge in [0.25, 0.3) is 0 Å². The van der Waals surface area contributed by atoms with E-state index in [2.05, 4.69) is 182 Å². The van der Waals surface area contributed by atoms with Crippen molar-refractivity contribution in [2.75, 3.05) is 0 Å². The molecule has 0 unspecified atom stereocenters. The van der Waals surface area contributed by atoms with E-state index >= 15 is 0 Å². The number of unbranched alkanes of at least 4 members (excludes halogenated alkanes) is 7. The maximum absolute atomic E-state index is 3.12. The van der Waals surface area contributed by atoms with Crippen LogP contribution in [-0.4, -0.2) is 36.8 Å². The summed E-state index contributed by atoms with van der Waals surface area (Å²) in [5, 5.41) is 0. The van der Waals surface area contributed by atoms with Gasteiger partial charge in [0.15, 0.2) is 0 Å². The Morgan fingerprint density at radius 2 is 0.375 bits per heavy atom. The van der Waals surface area contributed by atoms with Crippen LogP contribution in [0.1, 0.15) is 51.4 Å². The third kappa shape index (κ3) is 8.20. The molecule has 0 aliphatic heterocycles. The van der Waals surface area contributed by atoms with E-state index in [-0.39, 0.29) is 0 Å². The second-order valence-corrected chi connectivity index (χ2v) is 36.4. The van der Waals surface area contributed by atoms with Gasteiger partial charge in [0.2, 0.25) is 0 Å². The van der Waals surface area contributed by atoms with E-state index in [1.807, 2.05) is 0 Å². The molecule has 48 heavy (non-hydrogen) atoms. The Hall–Kier alpha value is -3.08. The average Bonchev–Trinajstić information content (AvgIpc) is 3.18. The van der Waals surface area contributed by atoms with Crippen LogP contribution in [0.5, 0.6) is 0 Å². The number of benzene rings is 6. The molecule has 6 aromatic rings. The van der Waals surface area contributed by atoms with Crippen LogP contribution in [0.4, 0.5) is 0 Å². The summed E-state index contributed by atoms with van der Waals surface area (Å²) in [6.45, 7) is 0. The van der Waals surface area contributed by atoms with Crippen molar-refractivity contribution in [2.45, 2.75) is 60.2 Å². The molecular formula is C46H50Sn2. The molecule has 0 N–H and O–H groups in total. The van der Waals surface area contributed by atoms with Gasteiger partial charge in [-0.3, -0.25) is 0 Å². The zero-order valence-corrected chi connectivity index (χ0v) is 34.1. The van der Waals surface area contributed by atoms with E-state index in [4.69, 9.17) is 0 Å². The predicted molar refractivity (Wildman–Crippen MR) is 215 cm³/mol. The first-order valence-electron chi connectivity index (χ1n) is 18.2. The van der Waals surface area contributed by atoms with Crippen molar-refractivity contribution < 1.29 is 0 Å². The molecule has 0 saturated carbocycles. The summed E-state index contributed by atoms with van der Waals surface area (Å²) >= 11 is -6.24. The van der Waals surface area contributed by atoms with Crippen molar-refractivity contribution >= 4 is 58.2 Å². The predicted octanol–water partition coefficient (Wildman–Crippen LogP) is 8.45. The normalized spacial score (nSPS) is 11.8. The topological polar surface area (TPSA) is 0 Å². The first-order valence-corrected chi connectivity index (χ1v) is 30.8. The van der Waals surface area contributed by atoms with E-state index in [1.54, 1.807) is 21.5 Å². The third-order valence-electron chi connectivity index (χ3n) is 10.5. The molecule has 242 valence electrons. The molecule has 0 bridgehead atoms. The van der Waals surface area contributed by atoms with Crippen molar-refractivity contribution in [3.05, 3.63) is 182 Å². The molecular weight excluding hydrogens is 790 g/mol. The number of hydrogen-bond donors (Lipinski definition) is 0. The zero-order chi connectivity index (χ0) is 32.7. The first kappa shape index (κ1) is 34.8. The van der Waals surface area contributed by atoms with Gasteiger partial charge in [0, 0.05) is 0 Å². The van der Waals surface area contributed by atoms with Gasteiger partial charge in [-0.05, 0) is 0 Å². The Bertz CT molecular complexity index is 1410. The molecule has 0 amide bonds. The summed E-state index contributed by atoms with van der Waals surface area (Å²) < 4.78 is 12.3. The Kier molecular flexibility index (Phi) is 13.1. The summed E-state index contributed by atoms with van der Waals surface area (Å²) in [5.74, 6) is 0. The Balaban J connectivity index is 1.05. The molecule has 0 aromatic heterocycles. The van der Waals surface area contributed by atoms with Crippen LogP contribution in [0.25, 0.3) is 0 Å². The van der Waals surface area contributed by atoms with E-state index in [0.29, 0.717) is 0 Å². The number of rotatable bonds is 17. The van der Waals surface area contributed by atoms with Crippen molar-refractivity contribution in [2.24, 2.45) is 0 Å². The van der Waals surface area contributed by atoms with E-state index < -0.39 is 36.8 Å². The van der Waals surface area contributed by atoms with Crippen LogP contribution < -0.4 is 21.5 Å². The minimum atomic E-state index is -3.12. The molecule has 0 radical (unpaired) electrons. The Morgan fingerprint density at radius 3 is 0.562 bits per heavy atom. The average molecular weight is 840 g/mol. The van der Waals surface area contributed by atoms with Gasteiger partial charge in [-0.15, -0.1) is 0 Å². The zero-order valence-electron chi connectivity index (χ0n) is 28.4. The summed E-state index contributed by atoms with van der Waals surface area (Å²) in [7, 11) is 0. The summed E-state index contributed by atoms with van der Waals surface area (Å²) in [5.41, 5.74) is 0. The monoisotopic (exact) mass is 842 g/mol. The molecule has 0 spiro atoms. The van der Waals surface area contributed by atoms with E-state index in [9.17, 15) is 0 Å². The SMILES string of the molecule is c1cc[c]([Sn]([CH2]CCCCCCCC[CH2][Sn]([c]2ccccc2)([c]2ccccc2)[c]2ccccc2)([c]2ccccc2)[c]2ccccc2)cc1. The van der Waals surface area contributed by atoms with Crippen LogP contribution >= 0.6 is 0 Å². The molecule has 0 nitrogen and oxygen atoms in total. The van der Waals surface area contributed by atoms with E-state index in [1.165, 1.54) is 60.2 Å². The molecule has 6 aromatic carbocycles. The van der Waals surface area contributed by atoms with Crippen molar-refractivity contribution in [1.29, 1.82) is 0 Å². The van der Waals surface area contributed by atoms with Crippen LogP contribution in [-0.2, 0) is 0 Å². The van der Waals surface area contributed by atoms with Gasteiger partial charge >= 0.3 is 300 Å². The summed E-state index contributed by atoms with van der Waals surface area (Å²) in [4.78, 5) is 0. The molecule has 0 heterocycles. The quantitative estimate of drug-likeness (QED) is 0.0640. The summed E-state index contributed by atoms with van der Waals surface area (Å²) in [6.07, 6.45) is 10.7. The fourth-order valence-electron chi connectivity index (χ4n) is 8.04. The second kappa shape index (κ2) is 18.1. The van der Waals surface area contributed by atoms with Crippen molar-refractivity contribution in [3.63, 3.8) is 0 Å². The maximum atomic E-state index is 2.42. The van der Waals surface area contributed by atoms with Crippen LogP contribution in [0.2, 0.25) is 8.87 Å². The molecule has 2 heteroatoms. The van der Waals surface area contributed by atoms with Gasteiger partial charge in [-0.2, -0.15) is 0 Å². The molecule has 0 aliphatic carbocycles. The van der Waals surface area contributed by atoms with Gasteiger partial charge in [0.1, 0.15) is 0 Å². The fourth-order valence-corrected chi connectivity index (χ4v) is 36.2. The number of hydrogen-bond acceptors (Lipinski definition) is 0. The Labute approximate surface area is 298 Å². The first-order chi connectivity index (χ1) is 23.8. The standard InChI is InChI=1S/C10H20.6C6H5.2Sn/c1-3-5-7-9-10-8-6-4-2;6*1-2-4-6-5-3-1;;/h1-10H2;6*1-5H;;. The van der Waals surface area contributed by atoms with Gasteiger partial charge in [0.05, 0.1) is 0 Å². The van der Waals surface area contributed by atoms with E-state index in [0.717, 1.165) is 0 Å². The van der Waals surface area contributed by atoms with Crippen LogP contribution in [0, 0.1) is 0 Å². The molecule has 0 atom stereocenters. The van der Waals surface area contributed by atoms with Crippen LogP contribution in [0.3, 0.4) is 0 Å². The molecule has 0 aliphatic rings. The Morgan fingerprint density at radius 1 is 0.208 bits per heavy atom. The second-order valence-electron chi connectivity index (χ2n) is 13.3. The van der Waals surface area contributed by atoms with Gasteiger partial charge in [-0.1, -0.05) is 0 Å². The fraction of sp³-hybridized carbons (Fsp3) is 0.217. The van der Waals surface area contributed by atoms with Gasteiger partial charge < -0.3 is 0 Å². The van der Waals surface area contributed by atoms with Crippen molar-refractivity contribution in [3.8, 4) is 0 Å². The van der Waals surface area contributed by atoms with Crippen LogP contribution in [0.15, 0.2) is 182 Å². The molecule has 6 rings (SSSR count).